The molecule has 0 atom stereocenters. The average Bonchev–Trinajstić information content (AvgIpc) is 3.09. The Morgan fingerprint density at radius 3 is 2.69 bits per heavy atom. The van der Waals surface area contributed by atoms with Crippen LogP contribution in [0.5, 0.6) is 5.75 Å². The molecular formula is C19H15F3N4O3. The van der Waals surface area contributed by atoms with Crippen molar-refractivity contribution in [3.8, 4) is 23.1 Å². The first-order valence-electron chi connectivity index (χ1n) is 8.45. The van der Waals surface area contributed by atoms with Crippen molar-refractivity contribution in [2.75, 3.05) is 13.7 Å². The quantitative estimate of drug-likeness (QED) is 0.604. The van der Waals surface area contributed by atoms with E-state index in [-0.39, 0.29) is 41.4 Å². The molecule has 0 fully saturated rings. The number of esters is 1. The van der Waals surface area contributed by atoms with Crippen molar-refractivity contribution in [1.29, 1.82) is 5.26 Å². The molecule has 3 aromatic rings. The maximum absolute atomic E-state index is 13.4. The van der Waals surface area contributed by atoms with Gasteiger partial charge in [-0.05, 0) is 31.2 Å². The minimum atomic E-state index is -4.63. The zero-order chi connectivity index (χ0) is 21.2. The molecule has 0 amide bonds. The van der Waals surface area contributed by atoms with E-state index < -0.39 is 17.7 Å². The SMILES string of the molecule is CCOc1ccc(-c2cc3c(ncn3CC(=O)OC)c(C#N)n2)cc1C(F)(F)F. The first-order valence-corrected chi connectivity index (χ1v) is 8.45. The van der Waals surface area contributed by atoms with Gasteiger partial charge in [-0.3, -0.25) is 4.79 Å². The Labute approximate surface area is 163 Å². The Kier molecular flexibility index (Phi) is 5.41. The van der Waals surface area contributed by atoms with Crippen LogP contribution in [0.3, 0.4) is 0 Å². The Bertz CT molecular complexity index is 1120. The second-order valence-corrected chi connectivity index (χ2v) is 5.93. The number of pyridine rings is 1. The number of nitrogens with zero attached hydrogens (tertiary/aromatic N) is 4. The molecule has 0 bridgehead atoms. The third-order valence-corrected chi connectivity index (χ3v) is 4.12. The largest absolute Gasteiger partial charge is 0.493 e. The summed E-state index contributed by atoms with van der Waals surface area (Å²) in [6.45, 7) is 1.50. The normalized spacial score (nSPS) is 11.3. The highest BCUT2D eigenvalue weighted by Crippen LogP contribution is 2.39. The van der Waals surface area contributed by atoms with E-state index in [0.717, 1.165) is 6.07 Å². The molecule has 2 aromatic heterocycles. The summed E-state index contributed by atoms with van der Waals surface area (Å²) >= 11 is 0. The molecule has 10 heteroatoms. The van der Waals surface area contributed by atoms with E-state index in [4.69, 9.17) is 4.74 Å². The van der Waals surface area contributed by atoms with Crippen LogP contribution in [-0.4, -0.2) is 34.2 Å². The minimum absolute atomic E-state index is 0.0661. The van der Waals surface area contributed by atoms with Gasteiger partial charge in [0.2, 0.25) is 0 Å². The van der Waals surface area contributed by atoms with Gasteiger partial charge < -0.3 is 14.0 Å². The molecule has 150 valence electrons. The fraction of sp³-hybridized carbons (Fsp3) is 0.263. The van der Waals surface area contributed by atoms with Crippen LogP contribution in [0, 0.1) is 11.3 Å². The Morgan fingerprint density at radius 1 is 1.31 bits per heavy atom. The van der Waals surface area contributed by atoms with E-state index >= 15 is 0 Å². The van der Waals surface area contributed by atoms with Gasteiger partial charge in [-0.25, -0.2) is 9.97 Å². The van der Waals surface area contributed by atoms with Crippen LogP contribution in [0.25, 0.3) is 22.3 Å². The number of imidazole rings is 1. The molecule has 0 aliphatic rings. The zero-order valence-corrected chi connectivity index (χ0v) is 15.4. The molecule has 7 nitrogen and oxygen atoms in total. The van der Waals surface area contributed by atoms with Crippen molar-refractivity contribution in [2.24, 2.45) is 0 Å². The van der Waals surface area contributed by atoms with Crippen LogP contribution in [0.1, 0.15) is 18.2 Å². The lowest BCUT2D eigenvalue weighted by atomic mass is 10.1. The minimum Gasteiger partial charge on any atom is -0.493 e. The molecule has 0 saturated heterocycles. The van der Waals surface area contributed by atoms with Gasteiger partial charge in [0, 0.05) is 5.56 Å². The van der Waals surface area contributed by atoms with Crippen LogP contribution < -0.4 is 4.74 Å². The third kappa shape index (κ3) is 3.99. The number of carbonyl (C=O) groups is 1. The highest BCUT2D eigenvalue weighted by atomic mass is 19.4. The third-order valence-electron chi connectivity index (χ3n) is 4.12. The summed E-state index contributed by atoms with van der Waals surface area (Å²) in [4.78, 5) is 19.8. The number of nitriles is 1. The predicted octanol–water partition coefficient (Wildman–Crippen LogP) is 3.56. The Morgan fingerprint density at radius 2 is 2.07 bits per heavy atom. The highest BCUT2D eigenvalue weighted by molar-refractivity contribution is 5.85. The van der Waals surface area contributed by atoms with Gasteiger partial charge in [-0.15, -0.1) is 0 Å². The monoisotopic (exact) mass is 404 g/mol. The summed E-state index contributed by atoms with van der Waals surface area (Å²) in [7, 11) is 1.23. The topological polar surface area (TPSA) is 90.0 Å². The number of halogens is 3. The number of aromatic nitrogens is 3. The molecule has 0 unspecified atom stereocenters. The van der Waals surface area contributed by atoms with Crippen molar-refractivity contribution in [1.82, 2.24) is 14.5 Å². The van der Waals surface area contributed by atoms with Crippen LogP contribution in [-0.2, 0) is 22.3 Å². The van der Waals surface area contributed by atoms with Gasteiger partial charge in [0.25, 0.3) is 0 Å². The molecular weight excluding hydrogens is 389 g/mol. The van der Waals surface area contributed by atoms with Gasteiger partial charge in [0.15, 0.2) is 5.69 Å². The van der Waals surface area contributed by atoms with E-state index in [2.05, 4.69) is 14.7 Å². The molecule has 0 aliphatic carbocycles. The van der Waals surface area contributed by atoms with Crippen LogP contribution in [0.2, 0.25) is 0 Å². The number of hydrogen-bond acceptors (Lipinski definition) is 6. The standard InChI is InChI=1S/C19H15F3N4O3/c1-3-29-16-5-4-11(6-12(16)19(20,21)22)13-7-15-18(14(8-23)25-13)24-10-26(15)9-17(27)28-2/h4-7,10H,3,9H2,1-2H3. The second kappa shape index (κ2) is 7.79. The predicted molar refractivity (Wildman–Crippen MR) is 95.9 cm³/mol. The highest BCUT2D eigenvalue weighted by Gasteiger charge is 2.35. The Balaban J connectivity index is 2.18. The van der Waals surface area contributed by atoms with Crippen molar-refractivity contribution >= 4 is 17.0 Å². The average molecular weight is 404 g/mol. The molecule has 2 heterocycles. The van der Waals surface area contributed by atoms with E-state index in [1.165, 1.54) is 36.2 Å². The van der Waals surface area contributed by atoms with E-state index in [1.54, 1.807) is 6.92 Å². The van der Waals surface area contributed by atoms with Gasteiger partial charge in [-0.2, -0.15) is 18.4 Å². The van der Waals surface area contributed by atoms with Crippen LogP contribution in [0.4, 0.5) is 13.2 Å². The van der Waals surface area contributed by atoms with Crippen molar-refractivity contribution in [2.45, 2.75) is 19.6 Å². The molecule has 0 aliphatic heterocycles. The number of carbonyl (C=O) groups excluding carboxylic acids is 1. The fourth-order valence-corrected chi connectivity index (χ4v) is 2.81. The molecule has 29 heavy (non-hydrogen) atoms. The lowest BCUT2D eigenvalue weighted by molar-refractivity contribution is -0.141. The second-order valence-electron chi connectivity index (χ2n) is 5.93. The van der Waals surface area contributed by atoms with E-state index in [9.17, 15) is 23.2 Å². The van der Waals surface area contributed by atoms with Gasteiger partial charge in [0.05, 0.1) is 36.8 Å². The molecule has 1 aromatic carbocycles. The fourth-order valence-electron chi connectivity index (χ4n) is 2.81. The summed E-state index contributed by atoms with van der Waals surface area (Å²) in [6, 6.07) is 6.92. The molecule has 0 N–H and O–H groups in total. The van der Waals surface area contributed by atoms with E-state index in [0.29, 0.717) is 5.52 Å². The number of alkyl halides is 3. The molecule has 0 saturated carbocycles. The van der Waals surface area contributed by atoms with Crippen molar-refractivity contribution in [3.63, 3.8) is 0 Å². The number of fused-ring (bicyclic) bond motifs is 1. The summed E-state index contributed by atoms with van der Waals surface area (Å²) < 4.78 is 51.5. The number of methoxy groups -OCH3 is 1. The number of rotatable bonds is 5. The summed E-state index contributed by atoms with van der Waals surface area (Å²) in [5, 5.41) is 9.39. The molecule has 3 rings (SSSR count). The van der Waals surface area contributed by atoms with Gasteiger partial charge in [-0.1, -0.05) is 0 Å². The molecule has 0 radical (unpaired) electrons. The summed E-state index contributed by atoms with van der Waals surface area (Å²) in [6.07, 6.45) is -3.29. The Hall–Kier alpha value is -3.61. The van der Waals surface area contributed by atoms with Gasteiger partial charge >= 0.3 is 12.1 Å². The first kappa shape index (κ1) is 20.1. The summed E-state index contributed by atoms with van der Waals surface area (Å²) in [5.41, 5.74) is -0.121. The molecule has 0 spiro atoms. The van der Waals surface area contributed by atoms with E-state index in [1.807, 2.05) is 6.07 Å². The number of benzene rings is 1. The lowest BCUT2D eigenvalue weighted by Crippen LogP contribution is -2.10. The van der Waals surface area contributed by atoms with Crippen molar-refractivity contribution in [3.05, 3.63) is 41.9 Å². The maximum Gasteiger partial charge on any atom is 0.419 e. The van der Waals surface area contributed by atoms with Crippen LogP contribution >= 0.6 is 0 Å². The first-order chi connectivity index (χ1) is 13.8. The van der Waals surface area contributed by atoms with Crippen molar-refractivity contribution < 1.29 is 27.4 Å². The maximum atomic E-state index is 13.4. The lowest BCUT2D eigenvalue weighted by Gasteiger charge is -2.14. The van der Waals surface area contributed by atoms with Gasteiger partial charge in [0.1, 0.15) is 23.9 Å². The van der Waals surface area contributed by atoms with Crippen LogP contribution in [0.15, 0.2) is 30.6 Å². The number of ether oxygens (including phenoxy) is 2. The summed E-state index contributed by atoms with van der Waals surface area (Å²) in [5.74, 6) is -0.831. The zero-order valence-electron chi connectivity index (χ0n) is 15.4. The smallest absolute Gasteiger partial charge is 0.419 e. The number of hydrogen-bond donors (Lipinski definition) is 0.